The summed E-state index contributed by atoms with van der Waals surface area (Å²) < 4.78 is 2.25. The molecule has 0 saturated carbocycles. The predicted octanol–water partition coefficient (Wildman–Crippen LogP) is 8.24. The Morgan fingerprint density at radius 1 is 1.00 bits per heavy atom. The SMILES string of the molecule is CCCC(=O)C(C)(C)Cc1c(C(=O)C(C)C)c2cc(C(C)C)ccc2n1Cc1ccc(Cl)cc1. The lowest BCUT2D eigenvalue weighted by Crippen LogP contribution is -2.29. The van der Waals surface area contributed by atoms with Crippen LogP contribution in [0.4, 0.5) is 0 Å². The normalized spacial score (nSPS) is 12.2. The lowest BCUT2D eigenvalue weighted by atomic mass is 9.80. The van der Waals surface area contributed by atoms with Crippen LogP contribution in [-0.4, -0.2) is 16.1 Å². The molecule has 0 N–H and O–H groups in total. The molecular weight excluding hydrogens is 442 g/mol. The van der Waals surface area contributed by atoms with Gasteiger partial charge in [0.15, 0.2) is 5.78 Å². The van der Waals surface area contributed by atoms with Crippen LogP contribution in [0.1, 0.15) is 94.4 Å². The van der Waals surface area contributed by atoms with Gasteiger partial charge in [-0.3, -0.25) is 9.59 Å². The highest BCUT2D eigenvalue weighted by Crippen LogP contribution is 2.36. The second-order valence-corrected chi connectivity index (χ2v) is 11.2. The van der Waals surface area contributed by atoms with Crippen molar-refractivity contribution in [3.63, 3.8) is 0 Å². The van der Waals surface area contributed by atoms with Gasteiger partial charge in [-0.25, -0.2) is 0 Å². The van der Waals surface area contributed by atoms with Crippen molar-refractivity contribution in [3.8, 4) is 0 Å². The maximum atomic E-state index is 13.6. The van der Waals surface area contributed by atoms with E-state index in [0.717, 1.165) is 34.1 Å². The number of rotatable bonds is 10. The zero-order valence-corrected chi connectivity index (χ0v) is 22.4. The number of aromatic nitrogens is 1. The van der Waals surface area contributed by atoms with Crippen molar-refractivity contribution < 1.29 is 9.59 Å². The fourth-order valence-corrected chi connectivity index (χ4v) is 4.69. The Bertz CT molecular complexity index is 1180. The number of hydrogen-bond acceptors (Lipinski definition) is 2. The molecule has 0 aliphatic rings. The molecule has 1 aromatic heterocycles. The van der Waals surface area contributed by atoms with Crippen LogP contribution in [0, 0.1) is 11.3 Å². The number of hydrogen-bond donors (Lipinski definition) is 0. The number of Topliss-reactive ketones (excluding diaryl/α,β-unsaturated/α-hetero) is 2. The van der Waals surface area contributed by atoms with Crippen molar-refractivity contribution in [2.24, 2.45) is 11.3 Å². The fraction of sp³-hybridized carbons (Fsp3) is 0.467. The molecule has 1 heterocycles. The Kier molecular flexibility index (Phi) is 8.08. The van der Waals surface area contributed by atoms with Gasteiger partial charge in [0.2, 0.25) is 0 Å². The van der Waals surface area contributed by atoms with Gasteiger partial charge in [0, 0.05) is 57.9 Å². The molecule has 2 aromatic carbocycles. The highest BCUT2D eigenvalue weighted by atomic mass is 35.5. The average molecular weight is 480 g/mol. The monoisotopic (exact) mass is 479 g/mol. The second kappa shape index (κ2) is 10.5. The molecule has 4 heteroatoms. The Hall–Kier alpha value is -2.39. The predicted molar refractivity (Wildman–Crippen MR) is 143 cm³/mol. The molecule has 3 nitrogen and oxygen atoms in total. The summed E-state index contributed by atoms with van der Waals surface area (Å²) in [5, 5.41) is 1.69. The molecule has 0 aliphatic heterocycles. The Morgan fingerprint density at radius 2 is 1.65 bits per heavy atom. The minimum absolute atomic E-state index is 0.134. The van der Waals surface area contributed by atoms with Crippen LogP contribution in [0.25, 0.3) is 10.9 Å². The van der Waals surface area contributed by atoms with Crippen molar-refractivity contribution in [1.29, 1.82) is 0 Å². The molecule has 0 bridgehead atoms. The Labute approximate surface area is 209 Å². The van der Waals surface area contributed by atoms with E-state index in [-0.39, 0.29) is 17.5 Å². The van der Waals surface area contributed by atoms with Gasteiger partial charge in [0.25, 0.3) is 0 Å². The van der Waals surface area contributed by atoms with E-state index in [0.29, 0.717) is 30.3 Å². The Balaban J connectivity index is 2.30. The van der Waals surface area contributed by atoms with Crippen LogP contribution in [0.5, 0.6) is 0 Å². The molecule has 3 rings (SSSR count). The van der Waals surface area contributed by atoms with E-state index in [1.807, 2.05) is 58.9 Å². The average Bonchev–Trinajstić information content (AvgIpc) is 3.06. The van der Waals surface area contributed by atoms with Gasteiger partial charge in [-0.2, -0.15) is 0 Å². The molecule has 0 saturated heterocycles. The van der Waals surface area contributed by atoms with E-state index in [9.17, 15) is 9.59 Å². The summed E-state index contributed by atoms with van der Waals surface area (Å²) in [6, 6.07) is 14.3. The first-order chi connectivity index (χ1) is 16.0. The minimum atomic E-state index is -0.560. The summed E-state index contributed by atoms with van der Waals surface area (Å²) in [5.74, 6) is 0.598. The van der Waals surface area contributed by atoms with E-state index >= 15 is 0 Å². The zero-order chi connectivity index (χ0) is 25.2. The smallest absolute Gasteiger partial charge is 0.167 e. The largest absolute Gasteiger partial charge is 0.339 e. The third kappa shape index (κ3) is 5.46. The quantitative estimate of drug-likeness (QED) is 0.274. The van der Waals surface area contributed by atoms with Gasteiger partial charge in [0.05, 0.1) is 0 Å². The third-order valence-electron chi connectivity index (χ3n) is 6.73. The van der Waals surface area contributed by atoms with Gasteiger partial charge < -0.3 is 4.57 Å². The highest BCUT2D eigenvalue weighted by Gasteiger charge is 2.33. The van der Waals surface area contributed by atoms with Crippen molar-refractivity contribution in [2.75, 3.05) is 0 Å². The van der Waals surface area contributed by atoms with E-state index in [2.05, 4.69) is 36.6 Å². The first-order valence-electron chi connectivity index (χ1n) is 12.4. The van der Waals surface area contributed by atoms with Crippen LogP contribution in [-0.2, 0) is 17.8 Å². The van der Waals surface area contributed by atoms with E-state index < -0.39 is 5.41 Å². The minimum Gasteiger partial charge on any atom is -0.339 e. The van der Waals surface area contributed by atoms with E-state index in [1.165, 1.54) is 5.56 Å². The molecule has 0 radical (unpaired) electrons. The lowest BCUT2D eigenvalue weighted by Gasteiger charge is -2.25. The second-order valence-electron chi connectivity index (χ2n) is 10.7. The summed E-state index contributed by atoms with van der Waals surface area (Å²) in [6.07, 6.45) is 1.90. The maximum absolute atomic E-state index is 13.6. The van der Waals surface area contributed by atoms with Crippen molar-refractivity contribution in [1.82, 2.24) is 4.57 Å². The van der Waals surface area contributed by atoms with Crippen LogP contribution < -0.4 is 0 Å². The summed E-state index contributed by atoms with van der Waals surface area (Å²) >= 11 is 6.13. The van der Waals surface area contributed by atoms with Crippen LogP contribution in [0.15, 0.2) is 42.5 Å². The maximum Gasteiger partial charge on any atom is 0.167 e. The molecule has 0 atom stereocenters. The fourth-order valence-electron chi connectivity index (χ4n) is 4.57. The molecule has 0 fully saturated rings. The molecule has 182 valence electrons. The number of carbonyl (C=O) groups excluding carboxylic acids is 2. The number of benzene rings is 2. The molecular formula is C30H38ClNO2. The van der Waals surface area contributed by atoms with E-state index in [1.54, 1.807) is 0 Å². The summed E-state index contributed by atoms with van der Waals surface area (Å²) in [4.78, 5) is 26.7. The molecule has 0 unspecified atom stereocenters. The number of carbonyl (C=O) groups is 2. The highest BCUT2D eigenvalue weighted by molar-refractivity contribution is 6.30. The standard InChI is InChI=1S/C30H38ClNO2/c1-8-9-27(33)30(6,7)17-26-28(29(34)20(4)5)24-16-22(19(2)3)12-15-25(24)32(26)18-21-10-13-23(31)14-11-21/h10-16,19-20H,8-9,17-18H2,1-7H3. The topological polar surface area (TPSA) is 39.1 Å². The first-order valence-corrected chi connectivity index (χ1v) is 12.8. The van der Waals surface area contributed by atoms with Crippen molar-refractivity contribution in [3.05, 3.63) is 69.9 Å². The number of halogens is 1. The Morgan fingerprint density at radius 3 is 2.21 bits per heavy atom. The van der Waals surface area contributed by atoms with Gasteiger partial charge in [-0.15, -0.1) is 0 Å². The zero-order valence-electron chi connectivity index (χ0n) is 21.7. The van der Waals surface area contributed by atoms with Crippen molar-refractivity contribution >= 4 is 34.1 Å². The summed E-state index contributed by atoms with van der Waals surface area (Å²) in [5.41, 5.74) is 4.53. The molecule has 0 aliphatic carbocycles. The van der Waals surface area contributed by atoms with Gasteiger partial charge in [0.1, 0.15) is 5.78 Å². The first kappa shape index (κ1) is 26.2. The summed E-state index contributed by atoms with van der Waals surface area (Å²) in [7, 11) is 0. The van der Waals surface area contributed by atoms with Gasteiger partial charge in [-0.05, 0) is 47.7 Å². The van der Waals surface area contributed by atoms with Crippen LogP contribution in [0.3, 0.4) is 0 Å². The summed E-state index contributed by atoms with van der Waals surface area (Å²) in [6.45, 7) is 14.9. The molecule has 0 spiro atoms. The van der Waals surface area contributed by atoms with Crippen LogP contribution >= 0.6 is 11.6 Å². The van der Waals surface area contributed by atoms with Crippen molar-refractivity contribution in [2.45, 2.75) is 80.2 Å². The van der Waals surface area contributed by atoms with Gasteiger partial charge in [-0.1, -0.05) is 78.3 Å². The molecule has 34 heavy (non-hydrogen) atoms. The third-order valence-corrected chi connectivity index (χ3v) is 6.98. The number of fused-ring (bicyclic) bond motifs is 1. The molecule has 3 aromatic rings. The number of nitrogens with zero attached hydrogens (tertiary/aromatic N) is 1. The van der Waals surface area contributed by atoms with E-state index in [4.69, 9.17) is 11.6 Å². The lowest BCUT2D eigenvalue weighted by molar-refractivity contribution is -0.127. The molecule has 0 amide bonds. The van der Waals surface area contributed by atoms with Gasteiger partial charge >= 0.3 is 0 Å². The number of ketones is 2. The van der Waals surface area contributed by atoms with Crippen LogP contribution in [0.2, 0.25) is 5.02 Å².